The third-order valence-electron chi connectivity index (χ3n) is 5.39. The van der Waals surface area contributed by atoms with Crippen molar-refractivity contribution in [3.63, 3.8) is 0 Å². The predicted molar refractivity (Wildman–Crippen MR) is 116 cm³/mol. The third kappa shape index (κ3) is 3.59. The minimum Gasteiger partial charge on any atom is -0.399 e. The van der Waals surface area contributed by atoms with Crippen molar-refractivity contribution in [1.82, 2.24) is 20.4 Å². The highest BCUT2D eigenvalue weighted by atomic mass is 79.9. The van der Waals surface area contributed by atoms with Gasteiger partial charge in [0.2, 0.25) is 0 Å². The summed E-state index contributed by atoms with van der Waals surface area (Å²) < 4.78 is 13.1. The molecule has 1 aliphatic heterocycles. The predicted octanol–water partition coefficient (Wildman–Crippen LogP) is 4.19. The molecular formula is C20H22BBrN4O2. The Labute approximate surface area is 172 Å². The van der Waals surface area contributed by atoms with Crippen LogP contribution in [0.1, 0.15) is 27.7 Å². The molecule has 0 saturated carbocycles. The lowest BCUT2D eigenvalue weighted by Gasteiger charge is -2.32. The van der Waals surface area contributed by atoms with E-state index in [0.717, 1.165) is 31.7 Å². The number of fused-ring (bicyclic) bond motifs is 2. The average molecular weight is 441 g/mol. The Bertz CT molecular complexity index is 1110. The fourth-order valence-electron chi connectivity index (χ4n) is 3.00. The summed E-state index contributed by atoms with van der Waals surface area (Å²) in [6.07, 6.45) is 3.62. The molecule has 0 radical (unpaired) electrons. The second kappa shape index (κ2) is 7.02. The first-order valence-electron chi connectivity index (χ1n) is 9.12. The molecular weight excluding hydrogens is 419 g/mol. The Balaban J connectivity index is 0.000000162. The molecule has 1 saturated heterocycles. The van der Waals surface area contributed by atoms with Crippen molar-refractivity contribution >= 4 is 50.3 Å². The van der Waals surface area contributed by atoms with Gasteiger partial charge < -0.3 is 9.31 Å². The monoisotopic (exact) mass is 440 g/mol. The summed E-state index contributed by atoms with van der Waals surface area (Å²) in [6, 6.07) is 12.1. The highest BCUT2D eigenvalue weighted by molar-refractivity contribution is 9.10. The van der Waals surface area contributed by atoms with Crippen molar-refractivity contribution in [3.8, 4) is 0 Å². The van der Waals surface area contributed by atoms with Gasteiger partial charge in [-0.2, -0.15) is 10.2 Å². The number of nitrogens with one attached hydrogen (secondary N) is 2. The number of aromatic amines is 2. The molecule has 1 fully saturated rings. The van der Waals surface area contributed by atoms with Crippen molar-refractivity contribution in [2.75, 3.05) is 0 Å². The highest BCUT2D eigenvalue weighted by Gasteiger charge is 2.51. The summed E-state index contributed by atoms with van der Waals surface area (Å²) in [5.41, 5.74) is 2.52. The Hall–Kier alpha value is -2.16. The lowest BCUT2D eigenvalue weighted by atomic mass is 9.79. The van der Waals surface area contributed by atoms with Crippen LogP contribution < -0.4 is 5.46 Å². The smallest absolute Gasteiger partial charge is 0.399 e. The van der Waals surface area contributed by atoms with E-state index in [1.54, 1.807) is 6.20 Å². The van der Waals surface area contributed by atoms with E-state index in [1.807, 2.05) is 36.5 Å². The number of rotatable bonds is 1. The van der Waals surface area contributed by atoms with Crippen LogP contribution >= 0.6 is 15.9 Å². The van der Waals surface area contributed by atoms with Gasteiger partial charge in [-0.15, -0.1) is 0 Å². The maximum Gasteiger partial charge on any atom is 0.494 e. The van der Waals surface area contributed by atoms with E-state index >= 15 is 0 Å². The largest absolute Gasteiger partial charge is 0.494 e. The Kier molecular flexibility index (Phi) is 4.81. The molecule has 2 aromatic carbocycles. The molecule has 8 heteroatoms. The first-order valence-corrected chi connectivity index (χ1v) is 9.92. The van der Waals surface area contributed by atoms with Gasteiger partial charge in [0.25, 0.3) is 0 Å². The van der Waals surface area contributed by atoms with Crippen molar-refractivity contribution in [1.29, 1.82) is 0 Å². The van der Waals surface area contributed by atoms with E-state index in [2.05, 4.69) is 70.1 Å². The van der Waals surface area contributed by atoms with Gasteiger partial charge in [0.1, 0.15) is 0 Å². The molecule has 6 nitrogen and oxygen atoms in total. The van der Waals surface area contributed by atoms with Gasteiger partial charge in [0.05, 0.1) is 34.6 Å². The van der Waals surface area contributed by atoms with Gasteiger partial charge in [0.15, 0.2) is 0 Å². The van der Waals surface area contributed by atoms with Crippen LogP contribution in [0.2, 0.25) is 0 Å². The van der Waals surface area contributed by atoms with E-state index in [9.17, 15) is 0 Å². The SMILES string of the molecule is Brc1ccc2[nH]ncc2c1.CC1(C)OB(c2ccc3[nH]ncc3c2)OC1(C)C. The lowest BCUT2D eigenvalue weighted by Crippen LogP contribution is -2.41. The van der Waals surface area contributed by atoms with Crippen LogP contribution in [0.3, 0.4) is 0 Å². The van der Waals surface area contributed by atoms with Crippen molar-refractivity contribution < 1.29 is 9.31 Å². The fourth-order valence-corrected chi connectivity index (χ4v) is 3.38. The molecule has 4 aromatic rings. The van der Waals surface area contributed by atoms with Crippen molar-refractivity contribution in [2.24, 2.45) is 0 Å². The fraction of sp³-hybridized carbons (Fsp3) is 0.300. The summed E-state index contributed by atoms with van der Waals surface area (Å²) in [5.74, 6) is 0. The van der Waals surface area contributed by atoms with Crippen LogP contribution in [0.25, 0.3) is 21.8 Å². The zero-order valence-electron chi connectivity index (χ0n) is 16.3. The Morgan fingerprint density at radius 2 is 1.36 bits per heavy atom. The van der Waals surface area contributed by atoms with E-state index < -0.39 is 0 Å². The lowest BCUT2D eigenvalue weighted by molar-refractivity contribution is 0.00578. The minimum atomic E-state index is -0.311. The molecule has 0 atom stereocenters. The van der Waals surface area contributed by atoms with Gasteiger partial charge in [-0.25, -0.2) is 0 Å². The van der Waals surface area contributed by atoms with Crippen LogP contribution in [-0.4, -0.2) is 38.7 Å². The zero-order valence-corrected chi connectivity index (χ0v) is 17.9. The minimum absolute atomic E-state index is 0.303. The molecule has 1 aliphatic rings. The van der Waals surface area contributed by atoms with E-state index in [1.165, 1.54) is 0 Å². The number of hydrogen-bond acceptors (Lipinski definition) is 4. The van der Waals surface area contributed by atoms with Gasteiger partial charge in [0, 0.05) is 15.2 Å². The van der Waals surface area contributed by atoms with Gasteiger partial charge in [-0.3, -0.25) is 10.2 Å². The number of halogens is 1. The number of benzene rings is 2. The summed E-state index contributed by atoms with van der Waals surface area (Å²) in [4.78, 5) is 0. The molecule has 0 amide bonds. The Morgan fingerprint density at radius 1 is 0.821 bits per heavy atom. The van der Waals surface area contributed by atoms with Crippen LogP contribution in [0, 0.1) is 0 Å². The van der Waals surface area contributed by atoms with Gasteiger partial charge in [-0.1, -0.05) is 28.1 Å². The van der Waals surface area contributed by atoms with Crippen LogP contribution in [0.4, 0.5) is 0 Å². The van der Waals surface area contributed by atoms with E-state index in [0.29, 0.717) is 0 Å². The second-order valence-corrected chi connectivity index (χ2v) is 8.82. The Morgan fingerprint density at radius 3 is 1.96 bits per heavy atom. The molecule has 5 rings (SSSR count). The molecule has 0 unspecified atom stereocenters. The van der Waals surface area contributed by atoms with Gasteiger partial charge in [-0.05, 0) is 57.4 Å². The molecule has 28 heavy (non-hydrogen) atoms. The molecule has 3 heterocycles. The molecule has 0 bridgehead atoms. The molecule has 2 aromatic heterocycles. The summed E-state index contributed by atoms with van der Waals surface area (Å²) >= 11 is 3.38. The highest BCUT2D eigenvalue weighted by Crippen LogP contribution is 2.36. The van der Waals surface area contributed by atoms with Crippen LogP contribution in [-0.2, 0) is 9.31 Å². The summed E-state index contributed by atoms with van der Waals surface area (Å²) in [6.45, 7) is 8.24. The van der Waals surface area contributed by atoms with Crippen LogP contribution in [0.5, 0.6) is 0 Å². The normalized spacial score (nSPS) is 17.7. The van der Waals surface area contributed by atoms with Crippen molar-refractivity contribution in [2.45, 2.75) is 38.9 Å². The second-order valence-electron chi connectivity index (χ2n) is 7.91. The third-order valence-corrected chi connectivity index (χ3v) is 5.89. The molecule has 0 spiro atoms. The standard InChI is InChI=1S/C13H17BN2O2.C7H5BrN2/c1-12(2)13(3,4)18-14(17-12)10-5-6-11-9(7-10)8-15-16-11;8-6-1-2-7-5(3-6)4-9-10-7/h5-8H,1-4H3,(H,15,16);1-4H,(H,9,10). The maximum absolute atomic E-state index is 6.02. The first-order chi connectivity index (χ1) is 13.2. The number of hydrogen-bond donors (Lipinski definition) is 2. The topological polar surface area (TPSA) is 75.8 Å². The summed E-state index contributed by atoms with van der Waals surface area (Å²) in [5, 5.41) is 15.9. The zero-order chi connectivity index (χ0) is 19.9. The molecule has 0 aliphatic carbocycles. The summed E-state index contributed by atoms with van der Waals surface area (Å²) in [7, 11) is -0.311. The average Bonchev–Trinajstić information content (AvgIpc) is 3.32. The molecule has 144 valence electrons. The van der Waals surface area contributed by atoms with E-state index in [4.69, 9.17) is 9.31 Å². The van der Waals surface area contributed by atoms with Crippen molar-refractivity contribution in [3.05, 3.63) is 53.3 Å². The molecule has 2 N–H and O–H groups in total. The number of aromatic nitrogens is 4. The number of H-pyrrole nitrogens is 2. The van der Waals surface area contributed by atoms with Gasteiger partial charge >= 0.3 is 7.12 Å². The number of nitrogens with zero attached hydrogens (tertiary/aromatic N) is 2. The van der Waals surface area contributed by atoms with E-state index in [-0.39, 0.29) is 18.3 Å². The maximum atomic E-state index is 6.02. The quantitative estimate of drug-likeness (QED) is 0.435. The van der Waals surface area contributed by atoms with Crippen LogP contribution in [0.15, 0.2) is 53.3 Å². The first kappa shape index (κ1) is 19.2.